The lowest BCUT2D eigenvalue weighted by Crippen LogP contribution is -2.44. The molecule has 4 aromatic rings. The number of hydrogen-bond donors (Lipinski definition) is 2. The van der Waals surface area contributed by atoms with Gasteiger partial charge in [0.05, 0.1) is 11.4 Å². The molecule has 4 rings (SSSR count). The smallest absolute Gasteiger partial charge is 0.272 e. The molecule has 0 aliphatic rings. The second-order valence-electron chi connectivity index (χ2n) is 6.59. The summed E-state index contributed by atoms with van der Waals surface area (Å²) >= 11 is 0. The molecule has 0 atom stereocenters. The third-order valence-electron chi connectivity index (χ3n) is 4.66. The van der Waals surface area contributed by atoms with Gasteiger partial charge in [-0.05, 0) is 23.3 Å². The molecule has 29 heavy (non-hydrogen) atoms. The van der Waals surface area contributed by atoms with Gasteiger partial charge >= 0.3 is 0 Å². The molecule has 3 aromatic carbocycles. The first kappa shape index (κ1) is 18.4. The molecular formula is C24H19N3O2. The summed E-state index contributed by atoms with van der Waals surface area (Å²) in [6.45, 7) is 0. The van der Waals surface area contributed by atoms with Crippen molar-refractivity contribution < 1.29 is 9.59 Å². The Balaban J connectivity index is 1.52. The molecule has 0 bridgehead atoms. The SMILES string of the molecule is O=C(NNC(=O)C(c1ccccc1)c1ccccc1)c1ccc2ccccc2n1. The van der Waals surface area contributed by atoms with Gasteiger partial charge in [0.15, 0.2) is 0 Å². The summed E-state index contributed by atoms with van der Waals surface area (Å²) in [5.74, 6) is -1.33. The fraction of sp³-hybridized carbons (Fsp3) is 0.0417. The number of pyridine rings is 1. The molecule has 0 saturated heterocycles. The van der Waals surface area contributed by atoms with E-state index in [4.69, 9.17) is 0 Å². The first-order valence-electron chi connectivity index (χ1n) is 9.28. The van der Waals surface area contributed by atoms with Crippen LogP contribution in [0.2, 0.25) is 0 Å². The molecule has 0 saturated carbocycles. The largest absolute Gasteiger partial charge is 0.288 e. The molecule has 0 spiro atoms. The maximum Gasteiger partial charge on any atom is 0.288 e. The van der Waals surface area contributed by atoms with Crippen molar-refractivity contribution in [2.75, 3.05) is 0 Å². The summed E-state index contributed by atoms with van der Waals surface area (Å²) in [6, 6.07) is 29.9. The van der Waals surface area contributed by atoms with E-state index in [9.17, 15) is 9.59 Å². The van der Waals surface area contributed by atoms with Crippen molar-refractivity contribution >= 4 is 22.7 Å². The topological polar surface area (TPSA) is 71.1 Å². The fourth-order valence-corrected chi connectivity index (χ4v) is 3.23. The molecule has 0 aliphatic carbocycles. The second-order valence-corrected chi connectivity index (χ2v) is 6.59. The van der Waals surface area contributed by atoms with Gasteiger partial charge < -0.3 is 0 Å². The lowest BCUT2D eigenvalue weighted by atomic mass is 9.91. The molecular weight excluding hydrogens is 362 g/mol. The van der Waals surface area contributed by atoms with Crippen molar-refractivity contribution in [3.05, 3.63) is 114 Å². The summed E-state index contributed by atoms with van der Waals surface area (Å²) in [6.07, 6.45) is 0. The van der Waals surface area contributed by atoms with Gasteiger partial charge in [-0.15, -0.1) is 0 Å². The highest BCUT2D eigenvalue weighted by molar-refractivity contribution is 5.97. The normalized spacial score (nSPS) is 10.7. The minimum atomic E-state index is -0.540. The number of hydrogen-bond acceptors (Lipinski definition) is 3. The van der Waals surface area contributed by atoms with E-state index in [0.29, 0.717) is 0 Å². The van der Waals surface area contributed by atoms with Crippen molar-refractivity contribution in [1.82, 2.24) is 15.8 Å². The number of aromatic nitrogens is 1. The summed E-state index contributed by atoms with van der Waals surface area (Å²) in [5, 5.41) is 0.946. The third kappa shape index (κ3) is 4.14. The average molecular weight is 381 g/mol. The van der Waals surface area contributed by atoms with E-state index in [2.05, 4.69) is 15.8 Å². The molecule has 142 valence electrons. The van der Waals surface area contributed by atoms with Crippen LogP contribution in [0.3, 0.4) is 0 Å². The van der Waals surface area contributed by atoms with Gasteiger partial charge in [0.2, 0.25) is 5.91 Å². The Morgan fingerprint density at radius 3 is 1.90 bits per heavy atom. The fourth-order valence-electron chi connectivity index (χ4n) is 3.23. The Labute approximate surface area is 168 Å². The van der Waals surface area contributed by atoms with E-state index in [1.807, 2.05) is 91.0 Å². The van der Waals surface area contributed by atoms with E-state index in [1.165, 1.54) is 0 Å². The number of carbonyl (C=O) groups is 2. The second kappa shape index (κ2) is 8.35. The van der Waals surface area contributed by atoms with Gasteiger partial charge in [-0.2, -0.15) is 0 Å². The quantitative estimate of drug-likeness (QED) is 0.528. The number of nitrogens with one attached hydrogen (secondary N) is 2. The molecule has 1 aromatic heterocycles. The number of carbonyl (C=O) groups excluding carboxylic acids is 2. The van der Waals surface area contributed by atoms with Crippen LogP contribution in [0.5, 0.6) is 0 Å². The van der Waals surface area contributed by atoms with E-state index >= 15 is 0 Å². The maximum atomic E-state index is 12.9. The Hall–Kier alpha value is -3.99. The highest BCUT2D eigenvalue weighted by Crippen LogP contribution is 2.24. The molecule has 0 unspecified atom stereocenters. The number of amides is 2. The van der Waals surface area contributed by atoms with Crippen LogP contribution < -0.4 is 10.9 Å². The molecule has 0 aliphatic heterocycles. The minimum absolute atomic E-state index is 0.236. The van der Waals surface area contributed by atoms with Crippen molar-refractivity contribution in [3.63, 3.8) is 0 Å². The Morgan fingerprint density at radius 1 is 0.655 bits per heavy atom. The molecule has 2 N–H and O–H groups in total. The molecule has 5 nitrogen and oxygen atoms in total. The number of para-hydroxylation sites is 1. The first-order chi connectivity index (χ1) is 14.2. The van der Waals surface area contributed by atoms with Crippen LogP contribution in [0.25, 0.3) is 10.9 Å². The van der Waals surface area contributed by atoms with E-state index in [1.54, 1.807) is 6.07 Å². The summed E-state index contributed by atoms with van der Waals surface area (Å²) in [7, 11) is 0. The number of benzene rings is 3. The van der Waals surface area contributed by atoms with E-state index < -0.39 is 11.8 Å². The lowest BCUT2D eigenvalue weighted by molar-refractivity contribution is -0.122. The standard InChI is InChI=1S/C24H19N3O2/c28-23(21-16-15-17-9-7-8-14-20(17)25-21)26-27-24(29)22(18-10-3-1-4-11-18)19-12-5-2-6-13-19/h1-16,22H,(H,26,28)(H,27,29). The zero-order valence-corrected chi connectivity index (χ0v) is 15.6. The number of nitrogens with zero attached hydrogens (tertiary/aromatic N) is 1. The van der Waals surface area contributed by atoms with Gasteiger partial charge in [-0.1, -0.05) is 84.9 Å². The lowest BCUT2D eigenvalue weighted by Gasteiger charge is -2.18. The Morgan fingerprint density at radius 2 is 1.24 bits per heavy atom. The van der Waals surface area contributed by atoms with Crippen LogP contribution in [0.4, 0.5) is 0 Å². The van der Waals surface area contributed by atoms with Gasteiger partial charge in [0.1, 0.15) is 5.69 Å². The van der Waals surface area contributed by atoms with Gasteiger partial charge in [-0.25, -0.2) is 4.98 Å². The van der Waals surface area contributed by atoms with Crippen LogP contribution in [-0.2, 0) is 4.79 Å². The van der Waals surface area contributed by atoms with Crippen LogP contribution in [0.15, 0.2) is 97.1 Å². The summed E-state index contributed by atoms with van der Waals surface area (Å²) in [4.78, 5) is 29.8. The van der Waals surface area contributed by atoms with Gasteiger partial charge in [0.25, 0.3) is 5.91 Å². The predicted molar refractivity (Wildman–Crippen MR) is 112 cm³/mol. The van der Waals surface area contributed by atoms with Crippen molar-refractivity contribution in [2.45, 2.75) is 5.92 Å². The molecule has 0 fully saturated rings. The van der Waals surface area contributed by atoms with Crippen molar-refractivity contribution in [2.24, 2.45) is 0 Å². The average Bonchev–Trinajstić information content (AvgIpc) is 2.79. The zero-order chi connectivity index (χ0) is 20.1. The minimum Gasteiger partial charge on any atom is -0.272 e. The van der Waals surface area contributed by atoms with Crippen molar-refractivity contribution in [1.29, 1.82) is 0 Å². The van der Waals surface area contributed by atoms with Crippen molar-refractivity contribution in [3.8, 4) is 0 Å². The zero-order valence-electron chi connectivity index (χ0n) is 15.6. The third-order valence-corrected chi connectivity index (χ3v) is 4.66. The highest BCUT2D eigenvalue weighted by Gasteiger charge is 2.23. The van der Waals surface area contributed by atoms with E-state index in [0.717, 1.165) is 22.0 Å². The predicted octanol–water partition coefficient (Wildman–Crippen LogP) is 3.83. The Bertz CT molecular complexity index is 1100. The molecule has 5 heteroatoms. The molecule has 2 amide bonds. The van der Waals surface area contributed by atoms with E-state index in [-0.39, 0.29) is 11.6 Å². The van der Waals surface area contributed by atoms with Crippen LogP contribution in [0, 0.1) is 0 Å². The van der Waals surface area contributed by atoms with Gasteiger partial charge in [-0.3, -0.25) is 20.4 Å². The summed E-state index contributed by atoms with van der Waals surface area (Å²) in [5.41, 5.74) is 7.67. The summed E-state index contributed by atoms with van der Waals surface area (Å²) < 4.78 is 0. The molecule has 1 heterocycles. The first-order valence-corrected chi connectivity index (χ1v) is 9.28. The maximum absolute atomic E-state index is 12.9. The van der Waals surface area contributed by atoms with Crippen LogP contribution in [0.1, 0.15) is 27.5 Å². The monoisotopic (exact) mass is 381 g/mol. The Kier molecular flexibility index (Phi) is 5.29. The van der Waals surface area contributed by atoms with Gasteiger partial charge in [0, 0.05) is 5.39 Å². The molecule has 0 radical (unpaired) electrons. The number of rotatable bonds is 4. The number of fused-ring (bicyclic) bond motifs is 1. The van der Waals surface area contributed by atoms with Crippen LogP contribution in [-0.4, -0.2) is 16.8 Å². The highest BCUT2D eigenvalue weighted by atomic mass is 16.2. The number of hydrazine groups is 1. The van der Waals surface area contributed by atoms with Crippen LogP contribution >= 0.6 is 0 Å².